The molecule has 1 heterocycles. The van der Waals surface area contributed by atoms with Gasteiger partial charge in [0.1, 0.15) is 5.56 Å². The second-order valence-electron chi connectivity index (χ2n) is 5.38. The monoisotopic (exact) mass is 307 g/mol. The fourth-order valence-corrected chi connectivity index (χ4v) is 2.49. The molecular weight excluding hydrogens is 294 g/mol. The zero-order valence-electron chi connectivity index (χ0n) is 11.5. The lowest BCUT2D eigenvalue weighted by atomic mass is 9.82. The average Bonchev–Trinajstić information content (AvgIpc) is 2.47. The van der Waals surface area contributed by atoms with Crippen molar-refractivity contribution in [2.75, 3.05) is 13.1 Å². The van der Waals surface area contributed by atoms with Gasteiger partial charge in [0.25, 0.3) is 11.6 Å². The Labute approximate surface area is 127 Å². The van der Waals surface area contributed by atoms with Gasteiger partial charge in [-0.3, -0.25) is 14.9 Å². The normalized spacial score (nSPS) is 17.1. The molecule has 110 valence electrons. The number of rotatable bonds is 2. The molecule has 2 rings (SSSR count). The van der Waals surface area contributed by atoms with Crippen LogP contribution in [0.3, 0.4) is 0 Å². The van der Waals surface area contributed by atoms with Gasteiger partial charge >= 0.3 is 0 Å². The van der Waals surface area contributed by atoms with E-state index in [1.165, 1.54) is 18.2 Å². The molecule has 1 aliphatic heterocycles. The number of hydrogen-bond acceptors (Lipinski definition) is 4. The van der Waals surface area contributed by atoms with Gasteiger partial charge in [0, 0.05) is 24.2 Å². The zero-order chi connectivity index (χ0) is 15.6. The molecule has 0 N–H and O–H groups in total. The number of nitro groups is 1. The van der Waals surface area contributed by atoms with Gasteiger partial charge in [0.15, 0.2) is 0 Å². The molecule has 0 aliphatic carbocycles. The van der Waals surface area contributed by atoms with Gasteiger partial charge in [-0.05, 0) is 31.9 Å². The van der Waals surface area contributed by atoms with Crippen LogP contribution in [0.5, 0.6) is 0 Å². The fraction of sp³-hybridized carbons (Fsp3) is 0.429. The number of hydrogen-bond donors (Lipinski definition) is 0. The molecule has 0 bridgehead atoms. The van der Waals surface area contributed by atoms with E-state index in [4.69, 9.17) is 16.9 Å². The van der Waals surface area contributed by atoms with Crippen LogP contribution in [0.25, 0.3) is 0 Å². The fourth-order valence-electron chi connectivity index (χ4n) is 2.32. The predicted molar refractivity (Wildman–Crippen MR) is 77.0 cm³/mol. The van der Waals surface area contributed by atoms with E-state index in [2.05, 4.69) is 6.07 Å². The molecule has 1 fully saturated rings. The van der Waals surface area contributed by atoms with Crippen molar-refractivity contribution < 1.29 is 9.72 Å². The summed E-state index contributed by atoms with van der Waals surface area (Å²) in [6, 6.07) is 6.27. The van der Waals surface area contributed by atoms with Crippen LogP contribution in [-0.2, 0) is 0 Å². The maximum Gasteiger partial charge on any atom is 0.283 e. The van der Waals surface area contributed by atoms with Crippen molar-refractivity contribution in [2.24, 2.45) is 5.41 Å². The first-order valence-corrected chi connectivity index (χ1v) is 6.88. The molecule has 21 heavy (non-hydrogen) atoms. The first kappa shape index (κ1) is 15.3. The van der Waals surface area contributed by atoms with E-state index < -0.39 is 16.2 Å². The second kappa shape index (κ2) is 5.70. The standard InChI is InChI=1S/C14H14ClN3O3/c1-14(9-16)4-6-17(7-5-14)13(19)11-3-2-10(15)8-12(11)18(20)21/h2-3,8H,4-7H2,1H3. The molecular formula is C14H14ClN3O3. The Morgan fingerprint density at radius 1 is 1.48 bits per heavy atom. The minimum atomic E-state index is -0.609. The summed E-state index contributed by atoms with van der Waals surface area (Å²) in [6.45, 7) is 2.70. The third-order valence-electron chi connectivity index (χ3n) is 3.81. The van der Waals surface area contributed by atoms with Crippen molar-refractivity contribution >= 4 is 23.2 Å². The Morgan fingerprint density at radius 2 is 2.10 bits per heavy atom. The molecule has 1 saturated heterocycles. The lowest BCUT2D eigenvalue weighted by molar-refractivity contribution is -0.385. The van der Waals surface area contributed by atoms with E-state index in [9.17, 15) is 14.9 Å². The van der Waals surface area contributed by atoms with E-state index >= 15 is 0 Å². The van der Waals surface area contributed by atoms with Crippen LogP contribution >= 0.6 is 11.6 Å². The number of nitrogens with zero attached hydrogens (tertiary/aromatic N) is 3. The molecule has 0 radical (unpaired) electrons. The molecule has 1 aliphatic rings. The summed E-state index contributed by atoms with van der Waals surface area (Å²) in [4.78, 5) is 24.4. The van der Waals surface area contributed by atoms with E-state index in [0.29, 0.717) is 25.9 Å². The Kier molecular flexibility index (Phi) is 4.14. The van der Waals surface area contributed by atoms with Gasteiger partial charge in [-0.25, -0.2) is 0 Å². The number of halogens is 1. The number of carbonyl (C=O) groups is 1. The SMILES string of the molecule is CC1(C#N)CCN(C(=O)c2ccc(Cl)cc2[N+](=O)[O-])CC1. The predicted octanol–water partition coefficient (Wildman–Crippen LogP) is 3.01. The summed E-state index contributed by atoms with van der Waals surface area (Å²) in [6.07, 6.45) is 1.13. The van der Waals surface area contributed by atoms with Crippen molar-refractivity contribution in [1.82, 2.24) is 4.90 Å². The molecule has 1 aromatic carbocycles. The Hall–Kier alpha value is -2.13. The van der Waals surface area contributed by atoms with Crippen LogP contribution in [-0.4, -0.2) is 28.8 Å². The summed E-state index contributed by atoms with van der Waals surface area (Å²) in [7, 11) is 0. The van der Waals surface area contributed by atoms with Crippen molar-refractivity contribution in [2.45, 2.75) is 19.8 Å². The number of benzene rings is 1. The van der Waals surface area contributed by atoms with Crippen LogP contribution in [0.2, 0.25) is 5.02 Å². The Balaban J connectivity index is 2.23. The van der Waals surface area contributed by atoms with Gasteiger partial charge in [0.05, 0.1) is 16.4 Å². The second-order valence-corrected chi connectivity index (χ2v) is 5.82. The topological polar surface area (TPSA) is 87.2 Å². The molecule has 0 atom stereocenters. The summed E-state index contributed by atoms with van der Waals surface area (Å²) >= 11 is 5.74. The molecule has 1 aromatic rings. The van der Waals surface area contributed by atoms with E-state index in [1.54, 1.807) is 4.90 Å². The minimum absolute atomic E-state index is 0.0324. The van der Waals surface area contributed by atoms with E-state index in [0.717, 1.165) is 0 Å². The van der Waals surface area contributed by atoms with Crippen LogP contribution in [0.1, 0.15) is 30.1 Å². The number of amides is 1. The lowest BCUT2D eigenvalue weighted by Gasteiger charge is -2.34. The van der Waals surface area contributed by atoms with Crippen LogP contribution in [0.15, 0.2) is 18.2 Å². The number of nitro benzene ring substituents is 1. The first-order chi connectivity index (χ1) is 9.86. The molecule has 1 amide bonds. The van der Waals surface area contributed by atoms with Crippen molar-refractivity contribution in [3.8, 4) is 6.07 Å². The average molecular weight is 308 g/mol. The quantitative estimate of drug-likeness (QED) is 0.620. The molecule has 7 heteroatoms. The smallest absolute Gasteiger partial charge is 0.283 e. The minimum Gasteiger partial charge on any atom is -0.338 e. The molecule has 0 aromatic heterocycles. The largest absolute Gasteiger partial charge is 0.338 e. The molecule has 0 unspecified atom stereocenters. The zero-order valence-corrected chi connectivity index (χ0v) is 12.3. The number of likely N-dealkylation sites (tertiary alicyclic amines) is 1. The van der Waals surface area contributed by atoms with Crippen LogP contribution in [0.4, 0.5) is 5.69 Å². The lowest BCUT2D eigenvalue weighted by Crippen LogP contribution is -2.41. The summed E-state index contributed by atoms with van der Waals surface area (Å²) in [5, 5.41) is 20.3. The van der Waals surface area contributed by atoms with Crippen LogP contribution in [0, 0.1) is 26.9 Å². The maximum absolute atomic E-state index is 12.4. The maximum atomic E-state index is 12.4. The Bertz CT molecular complexity index is 631. The van der Waals surface area contributed by atoms with Crippen molar-refractivity contribution in [3.63, 3.8) is 0 Å². The van der Waals surface area contributed by atoms with Gasteiger partial charge in [0.2, 0.25) is 0 Å². The molecule has 6 nitrogen and oxygen atoms in total. The van der Waals surface area contributed by atoms with Gasteiger partial charge in [-0.1, -0.05) is 11.6 Å². The van der Waals surface area contributed by atoms with Gasteiger partial charge < -0.3 is 4.90 Å². The van der Waals surface area contributed by atoms with Gasteiger partial charge in [-0.2, -0.15) is 5.26 Å². The third-order valence-corrected chi connectivity index (χ3v) is 4.05. The highest BCUT2D eigenvalue weighted by molar-refractivity contribution is 6.31. The Morgan fingerprint density at radius 3 is 2.62 bits per heavy atom. The molecule has 0 saturated carbocycles. The van der Waals surface area contributed by atoms with E-state index in [-0.39, 0.29) is 16.3 Å². The van der Waals surface area contributed by atoms with E-state index in [1.807, 2.05) is 6.92 Å². The number of piperidine rings is 1. The molecule has 0 spiro atoms. The summed E-state index contributed by atoms with van der Waals surface area (Å²) in [5.74, 6) is -0.390. The summed E-state index contributed by atoms with van der Waals surface area (Å²) < 4.78 is 0. The number of nitriles is 1. The van der Waals surface area contributed by atoms with Crippen molar-refractivity contribution in [3.05, 3.63) is 38.9 Å². The van der Waals surface area contributed by atoms with Gasteiger partial charge in [-0.15, -0.1) is 0 Å². The first-order valence-electron chi connectivity index (χ1n) is 6.51. The highest BCUT2D eigenvalue weighted by Crippen LogP contribution is 2.32. The van der Waals surface area contributed by atoms with Crippen LogP contribution < -0.4 is 0 Å². The highest BCUT2D eigenvalue weighted by Gasteiger charge is 2.33. The highest BCUT2D eigenvalue weighted by atomic mass is 35.5. The number of carbonyl (C=O) groups excluding carboxylic acids is 1. The third kappa shape index (κ3) is 3.14. The summed E-state index contributed by atoms with van der Waals surface area (Å²) in [5.41, 5.74) is -0.686. The van der Waals surface area contributed by atoms with Crippen molar-refractivity contribution in [1.29, 1.82) is 5.26 Å².